The summed E-state index contributed by atoms with van der Waals surface area (Å²) >= 11 is 0. The number of amides is 1. The number of methoxy groups -OCH3 is 1. The Morgan fingerprint density at radius 1 is 1.15 bits per heavy atom. The topological polar surface area (TPSA) is 59.8 Å². The van der Waals surface area contributed by atoms with Gasteiger partial charge in [-0.1, -0.05) is 30.3 Å². The Hall–Kier alpha value is -3.16. The van der Waals surface area contributed by atoms with Crippen LogP contribution in [0.2, 0.25) is 0 Å². The smallest absolute Gasteiger partial charge is 0.254 e. The third-order valence-corrected chi connectivity index (χ3v) is 6.13. The summed E-state index contributed by atoms with van der Waals surface area (Å²) in [4.78, 5) is 22.4. The van der Waals surface area contributed by atoms with Gasteiger partial charge in [0, 0.05) is 50.7 Å². The number of benzene rings is 2. The summed E-state index contributed by atoms with van der Waals surface area (Å²) < 4.78 is 12.9. The van der Waals surface area contributed by atoms with E-state index in [0.717, 1.165) is 45.2 Å². The molecule has 1 amide bonds. The van der Waals surface area contributed by atoms with Gasteiger partial charge in [0.25, 0.3) is 5.91 Å². The van der Waals surface area contributed by atoms with E-state index in [1.54, 1.807) is 13.2 Å². The molecule has 0 N–H and O–H groups in total. The van der Waals surface area contributed by atoms with E-state index in [2.05, 4.69) is 39.6 Å². The van der Waals surface area contributed by atoms with Crippen LogP contribution in [0.5, 0.6) is 5.75 Å². The molecule has 0 spiro atoms. The van der Waals surface area contributed by atoms with Gasteiger partial charge in [0.15, 0.2) is 0 Å². The molecule has 7 nitrogen and oxygen atoms in total. The van der Waals surface area contributed by atoms with Crippen LogP contribution in [0.25, 0.3) is 0 Å². The largest absolute Gasteiger partial charge is 0.497 e. The first-order valence-corrected chi connectivity index (χ1v) is 11.4. The Bertz CT molecular complexity index is 1060. The predicted octanol–water partition coefficient (Wildman–Crippen LogP) is 3.22. The van der Waals surface area contributed by atoms with Gasteiger partial charge < -0.3 is 18.9 Å². The van der Waals surface area contributed by atoms with Gasteiger partial charge in [0.1, 0.15) is 11.6 Å². The molecule has 1 aliphatic heterocycles. The molecule has 33 heavy (non-hydrogen) atoms. The Labute approximate surface area is 195 Å². The van der Waals surface area contributed by atoms with Crippen molar-refractivity contribution in [3.63, 3.8) is 0 Å². The molecule has 1 aromatic heterocycles. The molecule has 3 aromatic rings. The standard InChI is InChI=1S/C26H32N4O3/c1-21-6-3-4-7-23(21)19-29-11-10-27-25(29)20-30(13-12-28-14-16-33-17-15-28)26(31)22-8-5-9-24(18-22)32-2/h3-11,18H,12-17,19-20H2,1-2H3. The monoisotopic (exact) mass is 448 g/mol. The molecule has 0 unspecified atom stereocenters. The van der Waals surface area contributed by atoms with Gasteiger partial charge in [-0.05, 0) is 36.2 Å². The van der Waals surface area contributed by atoms with Crippen molar-refractivity contribution in [2.75, 3.05) is 46.5 Å². The number of hydrogen-bond donors (Lipinski definition) is 0. The van der Waals surface area contributed by atoms with E-state index >= 15 is 0 Å². The summed E-state index contributed by atoms with van der Waals surface area (Å²) in [5.41, 5.74) is 3.11. The van der Waals surface area contributed by atoms with Crippen molar-refractivity contribution >= 4 is 5.91 Å². The highest BCUT2D eigenvalue weighted by atomic mass is 16.5. The number of aryl methyl sites for hydroxylation is 1. The molecule has 7 heteroatoms. The second kappa shape index (κ2) is 11.1. The normalized spacial score (nSPS) is 14.2. The number of hydrogen-bond acceptors (Lipinski definition) is 5. The van der Waals surface area contributed by atoms with Crippen LogP contribution in [0.4, 0.5) is 0 Å². The maximum Gasteiger partial charge on any atom is 0.254 e. The molecule has 0 radical (unpaired) electrons. The molecule has 4 rings (SSSR count). The molecule has 1 saturated heterocycles. The molecule has 1 aliphatic rings. The third-order valence-electron chi connectivity index (χ3n) is 6.13. The highest BCUT2D eigenvalue weighted by Crippen LogP contribution is 2.17. The summed E-state index contributed by atoms with van der Waals surface area (Å²) in [5.74, 6) is 1.53. The predicted molar refractivity (Wildman–Crippen MR) is 128 cm³/mol. The molecule has 2 aromatic carbocycles. The first kappa shape index (κ1) is 23.0. The molecule has 1 fully saturated rings. The maximum absolute atomic E-state index is 13.5. The van der Waals surface area contributed by atoms with Crippen LogP contribution in [-0.4, -0.2) is 71.8 Å². The maximum atomic E-state index is 13.5. The zero-order chi connectivity index (χ0) is 23.0. The van der Waals surface area contributed by atoms with Gasteiger partial charge in [-0.15, -0.1) is 0 Å². The molecular formula is C26H32N4O3. The lowest BCUT2D eigenvalue weighted by Crippen LogP contribution is -2.43. The van der Waals surface area contributed by atoms with Gasteiger partial charge in [0.05, 0.1) is 26.9 Å². The molecular weight excluding hydrogens is 416 g/mol. The molecule has 0 bridgehead atoms. The lowest BCUT2D eigenvalue weighted by molar-refractivity contribution is 0.0318. The number of ether oxygens (including phenoxy) is 2. The zero-order valence-corrected chi connectivity index (χ0v) is 19.4. The lowest BCUT2D eigenvalue weighted by atomic mass is 10.1. The summed E-state index contributed by atoms with van der Waals surface area (Å²) in [6, 6.07) is 15.7. The van der Waals surface area contributed by atoms with Crippen molar-refractivity contribution < 1.29 is 14.3 Å². The Morgan fingerprint density at radius 3 is 2.76 bits per heavy atom. The average molecular weight is 449 g/mol. The molecule has 0 atom stereocenters. The fourth-order valence-corrected chi connectivity index (χ4v) is 4.06. The first-order valence-electron chi connectivity index (χ1n) is 11.4. The van der Waals surface area contributed by atoms with Crippen LogP contribution in [0.3, 0.4) is 0 Å². The van der Waals surface area contributed by atoms with Gasteiger partial charge in [0.2, 0.25) is 0 Å². The van der Waals surface area contributed by atoms with Crippen molar-refractivity contribution in [2.45, 2.75) is 20.0 Å². The number of morpholine rings is 1. The molecule has 174 valence electrons. The van der Waals surface area contributed by atoms with Crippen LogP contribution >= 0.6 is 0 Å². The number of carbonyl (C=O) groups excluding carboxylic acids is 1. The van der Waals surface area contributed by atoms with Gasteiger partial charge in [-0.2, -0.15) is 0 Å². The summed E-state index contributed by atoms with van der Waals surface area (Å²) in [5, 5.41) is 0. The number of aromatic nitrogens is 2. The minimum atomic E-state index is -0.0207. The number of nitrogens with zero attached hydrogens (tertiary/aromatic N) is 4. The van der Waals surface area contributed by atoms with E-state index in [-0.39, 0.29) is 5.91 Å². The number of rotatable bonds is 9. The second-order valence-electron chi connectivity index (χ2n) is 8.31. The van der Waals surface area contributed by atoms with Crippen molar-refractivity contribution in [1.82, 2.24) is 19.4 Å². The highest BCUT2D eigenvalue weighted by Gasteiger charge is 2.21. The zero-order valence-electron chi connectivity index (χ0n) is 19.4. The van der Waals surface area contributed by atoms with Crippen molar-refractivity contribution in [2.24, 2.45) is 0 Å². The fourth-order valence-electron chi connectivity index (χ4n) is 4.06. The fraction of sp³-hybridized carbons (Fsp3) is 0.385. The van der Waals surface area contributed by atoms with E-state index in [0.29, 0.717) is 24.4 Å². The summed E-state index contributed by atoms with van der Waals surface area (Å²) in [6.07, 6.45) is 3.79. The Kier molecular flexibility index (Phi) is 7.75. The van der Waals surface area contributed by atoms with Gasteiger partial charge in [-0.25, -0.2) is 4.98 Å². The SMILES string of the molecule is COc1cccc(C(=O)N(CCN2CCOCC2)Cc2nccn2Cc2ccccc2C)c1. The van der Waals surface area contributed by atoms with Crippen LogP contribution in [0.1, 0.15) is 27.3 Å². The van der Waals surface area contributed by atoms with Crippen LogP contribution in [0.15, 0.2) is 60.9 Å². The highest BCUT2D eigenvalue weighted by molar-refractivity contribution is 5.94. The van der Waals surface area contributed by atoms with E-state index < -0.39 is 0 Å². The van der Waals surface area contributed by atoms with Gasteiger partial charge in [-0.3, -0.25) is 9.69 Å². The van der Waals surface area contributed by atoms with Crippen LogP contribution in [-0.2, 0) is 17.8 Å². The van der Waals surface area contributed by atoms with Crippen molar-refractivity contribution in [1.29, 1.82) is 0 Å². The van der Waals surface area contributed by atoms with E-state index in [1.165, 1.54) is 11.1 Å². The van der Waals surface area contributed by atoms with Crippen molar-refractivity contribution in [3.05, 3.63) is 83.4 Å². The third kappa shape index (κ3) is 6.00. The molecule has 0 saturated carbocycles. The Morgan fingerprint density at radius 2 is 1.97 bits per heavy atom. The van der Waals surface area contributed by atoms with E-state index in [9.17, 15) is 4.79 Å². The number of imidazole rings is 1. The molecule has 2 heterocycles. The summed E-state index contributed by atoms with van der Waals surface area (Å²) in [7, 11) is 1.61. The summed E-state index contributed by atoms with van der Waals surface area (Å²) in [6.45, 7) is 7.98. The Balaban J connectivity index is 1.53. The van der Waals surface area contributed by atoms with E-state index in [1.807, 2.05) is 41.6 Å². The second-order valence-corrected chi connectivity index (χ2v) is 8.31. The van der Waals surface area contributed by atoms with Crippen LogP contribution < -0.4 is 4.74 Å². The minimum Gasteiger partial charge on any atom is -0.497 e. The van der Waals surface area contributed by atoms with Gasteiger partial charge >= 0.3 is 0 Å². The lowest BCUT2D eigenvalue weighted by Gasteiger charge is -2.30. The first-order chi connectivity index (χ1) is 16.1. The van der Waals surface area contributed by atoms with Crippen molar-refractivity contribution in [3.8, 4) is 5.75 Å². The number of carbonyl (C=O) groups is 1. The van der Waals surface area contributed by atoms with E-state index in [4.69, 9.17) is 9.47 Å². The minimum absolute atomic E-state index is 0.0207. The van der Waals surface area contributed by atoms with Crippen LogP contribution in [0, 0.1) is 6.92 Å². The quantitative estimate of drug-likeness (QED) is 0.503. The average Bonchev–Trinajstić information content (AvgIpc) is 3.30. The molecule has 0 aliphatic carbocycles.